The Bertz CT molecular complexity index is 1100. The highest BCUT2D eigenvalue weighted by Gasteiger charge is 2.14. The van der Waals surface area contributed by atoms with Gasteiger partial charge >= 0.3 is 0 Å². The van der Waals surface area contributed by atoms with Crippen molar-refractivity contribution in [2.75, 3.05) is 5.32 Å². The number of carbonyl (C=O) groups excluding carboxylic acids is 2. The van der Waals surface area contributed by atoms with Gasteiger partial charge in [-0.05, 0) is 48.9 Å². The summed E-state index contributed by atoms with van der Waals surface area (Å²) in [5, 5.41) is 11.9. The van der Waals surface area contributed by atoms with Gasteiger partial charge in [0.2, 0.25) is 0 Å². The van der Waals surface area contributed by atoms with Crippen LogP contribution in [0, 0.1) is 18.3 Å². The van der Waals surface area contributed by atoms with Crippen LogP contribution in [-0.2, 0) is 6.61 Å². The first-order valence-corrected chi connectivity index (χ1v) is 8.91. The van der Waals surface area contributed by atoms with E-state index in [2.05, 4.69) is 11.4 Å². The standard InChI is InChI=1S/C23H19N3O3/c1-15-5-4-8-20(21(15)22(25)27)26-23(28)16-9-11-19(12-10-16)29-14-18-7-3-2-6-17(18)13-24/h2-12H,14H2,1H3,(H2,25,27)(H,26,28). The van der Waals surface area contributed by atoms with Gasteiger partial charge in [0.25, 0.3) is 11.8 Å². The van der Waals surface area contributed by atoms with E-state index in [0.717, 1.165) is 5.56 Å². The first-order chi connectivity index (χ1) is 14.0. The normalized spacial score (nSPS) is 10.1. The third-order valence-corrected chi connectivity index (χ3v) is 4.42. The van der Waals surface area contributed by atoms with Crippen LogP contribution < -0.4 is 15.8 Å². The maximum Gasteiger partial charge on any atom is 0.255 e. The lowest BCUT2D eigenvalue weighted by molar-refractivity contribution is 0.100. The number of ether oxygens (including phenoxy) is 1. The predicted octanol–water partition coefficient (Wildman–Crippen LogP) is 3.80. The minimum atomic E-state index is -0.597. The Morgan fingerprint density at radius 1 is 1.03 bits per heavy atom. The molecule has 0 radical (unpaired) electrons. The molecule has 0 atom stereocenters. The molecule has 0 heterocycles. The van der Waals surface area contributed by atoms with E-state index in [1.165, 1.54) is 0 Å². The monoisotopic (exact) mass is 385 g/mol. The lowest BCUT2D eigenvalue weighted by Crippen LogP contribution is -2.19. The number of aryl methyl sites for hydroxylation is 1. The molecule has 0 spiro atoms. The highest BCUT2D eigenvalue weighted by atomic mass is 16.5. The summed E-state index contributed by atoms with van der Waals surface area (Å²) in [5.41, 5.74) is 8.53. The molecule has 0 aromatic heterocycles. The summed E-state index contributed by atoms with van der Waals surface area (Å²) < 4.78 is 5.71. The molecule has 3 rings (SSSR count). The van der Waals surface area contributed by atoms with Crippen molar-refractivity contribution in [3.05, 3.63) is 94.5 Å². The molecule has 0 aliphatic rings. The third kappa shape index (κ3) is 4.60. The molecule has 3 aromatic carbocycles. The third-order valence-electron chi connectivity index (χ3n) is 4.42. The van der Waals surface area contributed by atoms with Crippen molar-refractivity contribution in [3.8, 4) is 11.8 Å². The number of carbonyl (C=O) groups is 2. The SMILES string of the molecule is Cc1cccc(NC(=O)c2ccc(OCc3ccccc3C#N)cc2)c1C(N)=O. The zero-order valence-electron chi connectivity index (χ0n) is 15.8. The number of nitrogens with one attached hydrogen (secondary N) is 1. The summed E-state index contributed by atoms with van der Waals surface area (Å²) in [6, 6.07) is 21.1. The molecule has 0 bridgehead atoms. The smallest absolute Gasteiger partial charge is 0.255 e. The Labute approximate surface area is 168 Å². The van der Waals surface area contributed by atoms with Crippen LogP contribution in [-0.4, -0.2) is 11.8 Å². The zero-order chi connectivity index (χ0) is 20.8. The number of anilines is 1. The van der Waals surface area contributed by atoms with Gasteiger partial charge in [-0.25, -0.2) is 0 Å². The van der Waals surface area contributed by atoms with Crippen molar-refractivity contribution >= 4 is 17.5 Å². The topological polar surface area (TPSA) is 105 Å². The number of primary amides is 1. The number of amides is 2. The quantitative estimate of drug-likeness (QED) is 0.673. The molecule has 0 unspecified atom stereocenters. The average Bonchev–Trinajstić information content (AvgIpc) is 2.72. The van der Waals surface area contributed by atoms with E-state index >= 15 is 0 Å². The summed E-state index contributed by atoms with van der Waals surface area (Å²) in [6.07, 6.45) is 0. The molecule has 0 saturated carbocycles. The van der Waals surface area contributed by atoms with Crippen molar-refractivity contribution in [1.29, 1.82) is 5.26 Å². The van der Waals surface area contributed by atoms with Gasteiger partial charge < -0.3 is 15.8 Å². The Morgan fingerprint density at radius 2 is 1.76 bits per heavy atom. The molecule has 29 heavy (non-hydrogen) atoms. The van der Waals surface area contributed by atoms with Crippen LogP contribution in [0.5, 0.6) is 5.75 Å². The molecule has 144 valence electrons. The Morgan fingerprint density at radius 3 is 2.45 bits per heavy atom. The van der Waals surface area contributed by atoms with E-state index in [0.29, 0.717) is 28.1 Å². The molecule has 0 fully saturated rings. The fraction of sp³-hybridized carbons (Fsp3) is 0.0870. The molecule has 2 amide bonds. The number of nitrogens with two attached hydrogens (primary N) is 1. The molecule has 6 nitrogen and oxygen atoms in total. The van der Waals surface area contributed by atoms with Gasteiger partial charge in [-0.3, -0.25) is 9.59 Å². The second kappa shape index (κ2) is 8.72. The first-order valence-electron chi connectivity index (χ1n) is 8.91. The second-order valence-electron chi connectivity index (χ2n) is 6.40. The summed E-state index contributed by atoms with van der Waals surface area (Å²) in [5.74, 6) is -0.387. The summed E-state index contributed by atoms with van der Waals surface area (Å²) >= 11 is 0. The summed E-state index contributed by atoms with van der Waals surface area (Å²) in [7, 11) is 0. The lowest BCUT2D eigenvalue weighted by atomic mass is 10.1. The summed E-state index contributed by atoms with van der Waals surface area (Å²) in [6.45, 7) is 2.01. The maximum absolute atomic E-state index is 12.5. The van der Waals surface area contributed by atoms with Crippen LogP contribution in [0.25, 0.3) is 0 Å². The fourth-order valence-corrected chi connectivity index (χ4v) is 2.91. The van der Waals surface area contributed by atoms with Crippen molar-refractivity contribution in [3.63, 3.8) is 0 Å². The minimum absolute atomic E-state index is 0.251. The van der Waals surface area contributed by atoms with Gasteiger partial charge in [-0.15, -0.1) is 0 Å². The van der Waals surface area contributed by atoms with E-state index < -0.39 is 5.91 Å². The van der Waals surface area contributed by atoms with E-state index in [-0.39, 0.29) is 18.1 Å². The molecule has 3 aromatic rings. The average molecular weight is 385 g/mol. The number of benzene rings is 3. The van der Waals surface area contributed by atoms with E-state index in [1.54, 1.807) is 61.5 Å². The van der Waals surface area contributed by atoms with Gasteiger partial charge in [-0.1, -0.05) is 30.3 Å². The Hall–Kier alpha value is -4.11. The number of hydrogen-bond acceptors (Lipinski definition) is 4. The molecule has 0 aliphatic heterocycles. The highest BCUT2D eigenvalue weighted by molar-refractivity contribution is 6.09. The maximum atomic E-state index is 12.5. The minimum Gasteiger partial charge on any atom is -0.489 e. The second-order valence-corrected chi connectivity index (χ2v) is 6.40. The van der Waals surface area contributed by atoms with Gasteiger partial charge in [-0.2, -0.15) is 5.26 Å². The lowest BCUT2D eigenvalue weighted by Gasteiger charge is -2.12. The van der Waals surface area contributed by atoms with Gasteiger partial charge in [0, 0.05) is 11.1 Å². The fourth-order valence-electron chi connectivity index (χ4n) is 2.91. The number of nitrogens with zero attached hydrogens (tertiary/aromatic N) is 1. The van der Waals surface area contributed by atoms with Gasteiger partial charge in [0.05, 0.1) is 22.9 Å². The van der Waals surface area contributed by atoms with Crippen molar-refractivity contribution < 1.29 is 14.3 Å². The molecular formula is C23H19N3O3. The molecular weight excluding hydrogens is 366 g/mol. The van der Waals surface area contributed by atoms with E-state index in [9.17, 15) is 9.59 Å². The van der Waals surface area contributed by atoms with Crippen LogP contribution in [0.1, 0.15) is 37.4 Å². The van der Waals surface area contributed by atoms with Crippen molar-refractivity contribution in [2.45, 2.75) is 13.5 Å². The number of hydrogen-bond donors (Lipinski definition) is 2. The van der Waals surface area contributed by atoms with E-state index in [4.69, 9.17) is 15.7 Å². The number of rotatable bonds is 6. The van der Waals surface area contributed by atoms with Crippen LogP contribution in [0.15, 0.2) is 66.7 Å². The Kier molecular flexibility index (Phi) is 5.91. The molecule has 6 heteroatoms. The predicted molar refractivity (Wildman–Crippen MR) is 110 cm³/mol. The molecule has 0 aliphatic carbocycles. The van der Waals surface area contributed by atoms with Crippen LogP contribution >= 0.6 is 0 Å². The van der Waals surface area contributed by atoms with Crippen LogP contribution in [0.4, 0.5) is 5.69 Å². The summed E-state index contributed by atoms with van der Waals surface area (Å²) in [4.78, 5) is 24.2. The molecule has 0 saturated heterocycles. The zero-order valence-corrected chi connectivity index (χ0v) is 15.8. The number of nitriles is 1. The first kappa shape index (κ1) is 19.6. The van der Waals surface area contributed by atoms with Crippen molar-refractivity contribution in [2.24, 2.45) is 5.73 Å². The van der Waals surface area contributed by atoms with Gasteiger partial charge in [0.15, 0.2) is 0 Å². The van der Waals surface area contributed by atoms with Crippen molar-refractivity contribution in [1.82, 2.24) is 0 Å². The van der Waals surface area contributed by atoms with Crippen LogP contribution in [0.3, 0.4) is 0 Å². The van der Waals surface area contributed by atoms with E-state index in [1.807, 2.05) is 12.1 Å². The Balaban J connectivity index is 1.69. The van der Waals surface area contributed by atoms with Crippen LogP contribution in [0.2, 0.25) is 0 Å². The molecule has 3 N–H and O–H groups in total. The van der Waals surface area contributed by atoms with Gasteiger partial charge in [0.1, 0.15) is 12.4 Å². The highest BCUT2D eigenvalue weighted by Crippen LogP contribution is 2.21. The largest absolute Gasteiger partial charge is 0.489 e.